The molecule has 0 N–H and O–H groups in total. The van der Waals surface area contributed by atoms with Crippen molar-refractivity contribution in [3.63, 3.8) is 0 Å². The van der Waals surface area contributed by atoms with Crippen LogP contribution in [0.25, 0.3) is 0 Å². The van der Waals surface area contributed by atoms with Gasteiger partial charge in [-0.2, -0.15) is 0 Å². The van der Waals surface area contributed by atoms with E-state index in [9.17, 15) is 14.4 Å². The molecule has 262 valence electrons. The second-order valence-corrected chi connectivity index (χ2v) is 22.2. The van der Waals surface area contributed by atoms with Crippen LogP contribution in [-0.4, -0.2) is 75.4 Å². The first-order valence-electron chi connectivity index (χ1n) is 17.2. The molecule has 1 saturated carbocycles. The van der Waals surface area contributed by atoms with Crippen LogP contribution < -0.4 is 9.80 Å². The highest BCUT2D eigenvalue weighted by atomic mass is 35.5. The zero-order valence-corrected chi connectivity index (χ0v) is 32.6. The van der Waals surface area contributed by atoms with Gasteiger partial charge in [-0.05, 0) is 85.7 Å². The van der Waals surface area contributed by atoms with Crippen LogP contribution in [0.4, 0.5) is 16.2 Å². The molecule has 2 aliphatic rings. The number of benzene rings is 1. The van der Waals surface area contributed by atoms with E-state index >= 15 is 0 Å². The molecule has 0 radical (unpaired) electrons. The molecule has 10 heteroatoms. The maximum absolute atomic E-state index is 14.5. The molecule has 3 amide bonds. The molecule has 0 spiro atoms. The summed E-state index contributed by atoms with van der Waals surface area (Å²) in [5.41, 5.74) is 4.23. The number of anilines is 2. The molecular weight excluding hydrogens is 630 g/mol. The van der Waals surface area contributed by atoms with Crippen LogP contribution in [0.15, 0.2) is 18.2 Å². The Morgan fingerprint density at radius 1 is 0.979 bits per heavy atom. The largest absolute Gasteiger partial charge is 0.443 e. The summed E-state index contributed by atoms with van der Waals surface area (Å²) in [6.07, 6.45) is 1.62. The number of nitrogens with zero attached hydrogens (tertiary/aromatic N) is 3. The van der Waals surface area contributed by atoms with E-state index in [1.165, 1.54) is 0 Å². The minimum atomic E-state index is -2.26. The second-order valence-electron chi connectivity index (χ2n) is 16.2. The quantitative estimate of drug-likeness (QED) is 0.193. The zero-order chi connectivity index (χ0) is 35.5. The van der Waals surface area contributed by atoms with E-state index in [1.807, 2.05) is 41.5 Å². The van der Waals surface area contributed by atoms with Gasteiger partial charge in [-0.25, -0.2) is 4.79 Å². The van der Waals surface area contributed by atoms with Crippen LogP contribution in [0.5, 0.6) is 0 Å². The molecule has 1 atom stereocenters. The Kier molecular flexibility index (Phi) is 12.7. The first-order chi connectivity index (χ1) is 21.7. The van der Waals surface area contributed by atoms with Crippen molar-refractivity contribution in [3.05, 3.63) is 23.2 Å². The molecule has 0 bridgehead atoms. The van der Waals surface area contributed by atoms with Crippen molar-refractivity contribution >= 4 is 49.0 Å². The maximum atomic E-state index is 14.5. The summed E-state index contributed by atoms with van der Waals surface area (Å²) < 4.78 is 11.3. The number of carbonyl (C=O) groups is 3. The third kappa shape index (κ3) is 9.55. The van der Waals surface area contributed by atoms with E-state index in [0.29, 0.717) is 71.8 Å². The molecule has 3 rings (SSSR count). The molecular formula is C37H58ClN3O5Si. The van der Waals surface area contributed by atoms with Gasteiger partial charge < -0.3 is 14.4 Å². The summed E-state index contributed by atoms with van der Waals surface area (Å²) in [7, 11) is -2.26. The Hall–Kier alpha value is -2.54. The summed E-state index contributed by atoms with van der Waals surface area (Å²) in [5, 5.41) is 0.293. The van der Waals surface area contributed by atoms with Crippen molar-refractivity contribution in [2.24, 2.45) is 11.3 Å². The van der Waals surface area contributed by atoms with E-state index in [-0.39, 0.29) is 5.91 Å². The SMILES string of the molecule is CC(C)[Si](C#CC(=O)N(c1ccc(N(CC2CC2)C(=O)OC(C)(C)C)c(Cl)c1)C(C(=O)N1CCOCC1)C(C)(C)C)(C(C)C)C(C)C. The van der Waals surface area contributed by atoms with Crippen molar-refractivity contribution in [2.45, 2.75) is 124 Å². The van der Waals surface area contributed by atoms with Crippen molar-refractivity contribution < 1.29 is 23.9 Å². The predicted molar refractivity (Wildman–Crippen MR) is 195 cm³/mol. The lowest BCUT2D eigenvalue weighted by Crippen LogP contribution is -2.58. The third-order valence-electron chi connectivity index (χ3n) is 9.36. The van der Waals surface area contributed by atoms with Crippen LogP contribution in [0.3, 0.4) is 0 Å². The fourth-order valence-corrected chi connectivity index (χ4v) is 12.3. The molecule has 8 nitrogen and oxygen atoms in total. The summed E-state index contributed by atoms with van der Waals surface area (Å²) in [5.74, 6) is 2.89. The summed E-state index contributed by atoms with van der Waals surface area (Å²) >= 11 is 6.99. The van der Waals surface area contributed by atoms with Crippen LogP contribution in [0.1, 0.15) is 95.9 Å². The molecule has 1 unspecified atom stereocenters. The number of hydrogen-bond acceptors (Lipinski definition) is 5. The lowest BCUT2D eigenvalue weighted by Gasteiger charge is -2.42. The monoisotopic (exact) mass is 687 g/mol. The maximum Gasteiger partial charge on any atom is 0.414 e. The minimum Gasteiger partial charge on any atom is -0.443 e. The van der Waals surface area contributed by atoms with Gasteiger partial charge in [-0.3, -0.25) is 19.4 Å². The number of morpholine rings is 1. The Morgan fingerprint density at radius 3 is 1.98 bits per heavy atom. The van der Waals surface area contributed by atoms with Crippen molar-refractivity contribution in [2.75, 3.05) is 42.6 Å². The molecule has 1 aromatic carbocycles. The first-order valence-corrected chi connectivity index (χ1v) is 19.8. The molecule has 2 fully saturated rings. The van der Waals surface area contributed by atoms with Crippen molar-refractivity contribution in [3.8, 4) is 11.5 Å². The number of ether oxygens (including phenoxy) is 2. The van der Waals surface area contributed by atoms with Gasteiger partial charge in [0.05, 0.1) is 23.9 Å². The van der Waals surface area contributed by atoms with Gasteiger partial charge in [-0.1, -0.05) is 73.9 Å². The van der Waals surface area contributed by atoms with E-state index < -0.39 is 37.1 Å². The summed E-state index contributed by atoms with van der Waals surface area (Å²) in [4.78, 5) is 47.1. The lowest BCUT2D eigenvalue weighted by atomic mass is 9.84. The molecule has 47 heavy (non-hydrogen) atoms. The number of carbonyl (C=O) groups excluding carboxylic acids is 3. The van der Waals surface area contributed by atoms with Gasteiger partial charge in [0.25, 0.3) is 0 Å². The van der Waals surface area contributed by atoms with E-state index in [0.717, 1.165) is 12.8 Å². The summed E-state index contributed by atoms with van der Waals surface area (Å²) in [6, 6.07) is 4.36. The van der Waals surface area contributed by atoms with Crippen LogP contribution in [0.2, 0.25) is 21.6 Å². The standard InChI is InChI=1S/C37H58ClN3O5Si/c1-25(2)47(26(3)4,27(5)6)22-17-32(42)41(33(36(7,8)9)34(43)39-18-20-45-21-19-39)29-15-16-31(30(38)23-29)40(24-28-13-14-28)35(44)46-37(10,11)12/h15-16,23,25-28,33H,13-14,18-21,24H2,1-12H3. The van der Waals surface area contributed by atoms with E-state index in [4.69, 9.17) is 21.1 Å². The minimum absolute atomic E-state index is 0.152. The van der Waals surface area contributed by atoms with E-state index in [1.54, 1.807) is 32.9 Å². The molecule has 0 aromatic heterocycles. The smallest absolute Gasteiger partial charge is 0.414 e. The Morgan fingerprint density at radius 2 is 1.53 bits per heavy atom. The second kappa shape index (κ2) is 15.3. The van der Waals surface area contributed by atoms with Crippen molar-refractivity contribution in [1.29, 1.82) is 0 Å². The van der Waals surface area contributed by atoms with Gasteiger partial charge >= 0.3 is 12.0 Å². The van der Waals surface area contributed by atoms with Gasteiger partial charge in [0.2, 0.25) is 5.91 Å². The van der Waals surface area contributed by atoms with Crippen LogP contribution in [-0.2, 0) is 19.1 Å². The number of halogens is 1. The Bertz CT molecular complexity index is 1320. The normalized spacial score (nSPS) is 16.6. The third-order valence-corrected chi connectivity index (χ3v) is 16.0. The van der Waals surface area contributed by atoms with Gasteiger partial charge in [0.1, 0.15) is 19.7 Å². The van der Waals surface area contributed by atoms with Crippen molar-refractivity contribution in [1.82, 2.24) is 4.90 Å². The number of rotatable bonds is 9. The highest BCUT2D eigenvalue weighted by molar-refractivity contribution is 6.90. The fraction of sp³-hybridized carbons (Fsp3) is 0.703. The van der Waals surface area contributed by atoms with Gasteiger partial charge in [0, 0.05) is 25.3 Å². The number of amides is 3. The molecule has 1 saturated heterocycles. The molecule has 1 aliphatic carbocycles. The Balaban J connectivity index is 2.19. The van der Waals surface area contributed by atoms with Gasteiger partial charge in [0.15, 0.2) is 0 Å². The predicted octanol–water partition coefficient (Wildman–Crippen LogP) is 8.32. The zero-order valence-electron chi connectivity index (χ0n) is 30.8. The van der Waals surface area contributed by atoms with Crippen LogP contribution in [0, 0.1) is 22.8 Å². The van der Waals surface area contributed by atoms with Crippen LogP contribution >= 0.6 is 11.6 Å². The van der Waals surface area contributed by atoms with E-state index in [2.05, 4.69) is 53.0 Å². The highest BCUT2D eigenvalue weighted by Crippen LogP contribution is 2.41. The highest BCUT2D eigenvalue weighted by Gasteiger charge is 2.44. The average molecular weight is 688 g/mol. The Labute approximate surface area is 289 Å². The summed E-state index contributed by atoms with van der Waals surface area (Å²) in [6.45, 7) is 27.0. The number of hydrogen-bond donors (Lipinski definition) is 0. The topological polar surface area (TPSA) is 79.4 Å². The molecule has 1 aliphatic heterocycles. The lowest BCUT2D eigenvalue weighted by molar-refractivity contribution is -0.140. The average Bonchev–Trinajstić information content (AvgIpc) is 3.77. The molecule has 1 heterocycles. The van der Waals surface area contributed by atoms with Gasteiger partial charge in [-0.15, -0.1) is 5.54 Å². The fourth-order valence-electron chi connectivity index (χ4n) is 6.87. The first kappa shape index (κ1) is 38.9. The molecule has 1 aromatic rings.